The first-order valence-electron chi connectivity index (χ1n) is 8.81. The van der Waals surface area contributed by atoms with E-state index in [4.69, 9.17) is 0 Å². The number of urea groups is 1. The van der Waals surface area contributed by atoms with Gasteiger partial charge in [-0.25, -0.2) is 14.3 Å². The molecule has 3 aromatic rings. The van der Waals surface area contributed by atoms with Crippen LogP contribution in [0.5, 0.6) is 0 Å². The SMILES string of the molecule is Cc1ccc(C(=O)N2CCN(C(=O)Nc3ccc4ncnn4c3)CC2)cc1. The molecule has 1 aromatic carbocycles. The molecule has 0 aliphatic carbocycles. The number of amides is 3. The molecule has 8 nitrogen and oxygen atoms in total. The van der Waals surface area contributed by atoms with E-state index in [1.54, 1.807) is 32.6 Å². The molecule has 0 spiro atoms. The van der Waals surface area contributed by atoms with Crippen molar-refractivity contribution in [1.82, 2.24) is 24.4 Å². The highest BCUT2D eigenvalue weighted by atomic mass is 16.2. The van der Waals surface area contributed by atoms with Gasteiger partial charge in [0.25, 0.3) is 5.91 Å². The van der Waals surface area contributed by atoms with Crippen molar-refractivity contribution in [2.75, 3.05) is 31.5 Å². The maximum Gasteiger partial charge on any atom is 0.322 e. The number of nitrogens with zero attached hydrogens (tertiary/aromatic N) is 5. The number of pyridine rings is 1. The Kier molecular flexibility index (Phi) is 4.45. The summed E-state index contributed by atoms with van der Waals surface area (Å²) in [7, 11) is 0. The van der Waals surface area contributed by atoms with Gasteiger partial charge in [-0.05, 0) is 31.2 Å². The summed E-state index contributed by atoms with van der Waals surface area (Å²) in [5, 5.41) is 6.93. The number of rotatable bonds is 2. The summed E-state index contributed by atoms with van der Waals surface area (Å²) >= 11 is 0. The Morgan fingerprint density at radius 3 is 2.41 bits per heavy atom. The van der Waals surface area contributed by atoms with Crippen molar-refractivity contribution in [2.24, 2.45) is 0 Å². The Hall–Kier alpha value is -3.42. The molecule has 0 radical (unpaired) electrons. The average molecular weight is 364 g/mol. The van der Waals surface area contributed by atoms with Gasteiger partial charge in [0.05, 0.1) is 11.9 Å². The standard InChI is InChI=1S/C19H20N6O2/c1-14-2-4-15(5-3-14)18(26)23-8-10-24(11-9-23)19(27)22-16-6-7-17-20-13-21-25(17)12-16/h2-7,12-13H,8-11H2,1H3,(H,22,27). The first-order chi connectivity index (χ1) is 13.1. The third kappa shape index (κ3) is 3.59. The van der Waals surface area contributed by atoms with E-state index in [-0.39, 0.29) is 11.9 Å². The number of hydrogen-bond acceptors (Lipinski definition) is 4. The minimum absolute atomic E-state index is 0.00620. The molecule has 4 rings (SSSR count). The summed E-state index contributed by atoms with van der Waals surface area (Å²) in [5.41, 5.74) is 3.17. The van der Waals surface area contributed by atoms with Crippen molar-refractivity contribution in [2.45, 2.75) is 6.92 Å². The van der Waals surface area contributed by atoms with Crippen LogP contribution in [0, 0.1) is 6.92 Å². The molecule has 1 aliphatic heterocycles. The molecule has 0 unspecified atom stereocenters. The molecule has 1 aliphatic rings. The first kappa shape index (κ1) is 17.0. The lowest BCUT2D eigenvalue weighted by Gasteiger charge is -2.34. The third-order valence-electron chi connectivity index (χ3n) is 4.68. The van der Waals surface area contributed by atoms with Crippen LogP contribution in [0.1, 0.15) is 15.9 Å². The van der Waals surface area contributed by atoms with E-state index in [0.29, 0.717) is 37.4 Å². The number of carbonyl (C=O) groups is 2. The predicted octanol–water partition coefficient (Wildman–Crippen LogP) is 2.03. The minimum atomic E-state index is -0.183. The van der Waals surface area contributed by atoms with E-state index in [1.165, 1.54) is 6.33 Å². The van der Waals surface area contributed by atoms with Gasteiger partial charge in [0.1, 0.15) is 6.33 Å². The molecule has 8 heteroatoms. The van der Waals surface area contributed by atoms with Gasteiger partial charge >= 0.3 is 6.03 Å². The molecule has 2 aromatic heterocycles. The highest BCUT2D eigenvalue weighted by Crippen LogP contribution is 2.13. The van der Waals surface area contributed by atoms with Crippen LogP contribution in [0.3, 0.4) is 0 Å². The zero-order valence-electron chi connectivity index (χ0n) is 15.0. The summed E-state index contributed by atoms with van der Waals surface area (Å²) in [4.78, 5) is 32.6. The highest BCUT2D eigenvalue weighted by molar-refractivity contribution is 5.94. The minimum Gasteiger partial charge on any atom is -0.335 e. The van der Waals surface area contributed by atoms with Crippen molar-refractivity contribution in [1.29, 1.82) is 0 Å². The second-order valence-electron chi connectivity index (χ2n) is 6.56. The van der Waals surface area contributed by atoms with Gasteiger partial charge in [0.2, 0.25) is 0 Å². The molecule has 1 fully saturated rings. The van der Waals surface area contributed by atoms with Gasteiger partial charge in [0, 0.05) is 31.7 Å². The number of anilines is 1. The van der Waals surface area contributed by atoms with Crippen LogP contribution in [0.15, 0.2) is 48.9 Å². The Morgan fingerprint density at radius 2 is 1.67 bits per heavy atom. The first-order valence-corrected chi connectivity index (χ1v) is 8.81. The van der Waals surface area contributed by atoms with Crippen molar-refractivity contribution in [3.8, 4) is 0 Å². The van der Waals surface area contributed by atoms with Crippen LogP contribution in [-0.4, -0.2) is 62.5 Å². The molecular weight excluding hydrogens is 344 g/mol. The summed E-state index contributed by atoms with van der Waals surface area (Å²) in [5.74, 6) is 0.00620. The van der Waals surface area contributed by atoms with Gasteiger partial charge in [-0.1, -0.05) is 17.7 Å². The van der Waals surface area contributed by atoms with Gasteiger partial charge in [-0.2, -0.15) is 5.10 Å². The maximum atomic E-state index is 12.6. The number of nitrogens with one attached hydrogen (secondary N) is 1. The number of carbonyl (C=O) groups excluding carboxylic acids is 2. The largest absolute Gasteiger partial charge is 0.335 e. The van der Waals surface area contributed by atoms with Crippen LogP contribution >= 0.6 is 0 Å². The highest BCUT2D eigenvalue weighted by Gasteiger charge is 2.25. The van der Waals surface area contributed by atoms with Crippen LogP contribution < -0.4 is 5.32 Å². The van der Waals surface area contributed by atoms with Gasteiger partial charge < -0.3 is 15.1 Å². The normalized spacial score (nSPS) is 14.4. The van der Waals surface area contributed by atoms with Crippen LogP contribution in [0.2, 0.25) is 0 Å². The fourth-order valence-electron chi connectivity index (χ4n) is 3.08. The average Bonchev–Trinajstić information content (AvgIpc) is 3.16. The Morgan fingerprint density at radius 1 is 0.963 bits per heavy atom. The zero-order valence-corrected chi connectivity index (χ0v) is 15.0. The Balaban J connectivity index is 1.34. The van der Waals surface area contributed by atoms with E-state index in [9.17, 15) is 9.59 Å². The van der Waals surface area contributed by atoms with Crippen molar-refractivity contribution < 1.29 is 9.59 Å². The molecule has 3 heterocycles. The molecule has 0 atom stereocenters. The number of benzene rings is 1. The molecule has 1 N–H and O–H groups in total. The lowest BCUT2D eigenvalue weighted by atomic mass is 10.1. The van der Waals surface area contributed by atoms with E-state index in [0.717, 1.165) is 11.2 Å². The Labute approximate surface area is 156 Å². The smallest absolute Gasteiger partial charge is 0.322 e. The summed E-state index contributed by atoms with van der Waals surface area (Å²) in [6.45, 7) is 4.01. The van der Waals surface area contributed by atoms with Crippen molar-refractivity contribution in [3.05, 3.63) is 60.0 Å². The fourth-order valence-corrected chi connectivity index (χ4v) is 3.08. The van der Waals surface area contributed by atoms with Crippen LogP contribution in [-0.2, 0) is 0 Å². The summed E-state index contributed by atoms with van der Waals surface area (Å²) in [6.07, 6.45) is 3.18. The van der Waals surface area contributed by atoms with Crippen molar-refractivity contribution >= 4 is 23.3 Å². The number of aryl methyl sites for hydroxylation is 1. The quantitative estimate of drug-likeness (QED) is 0.754. The number of piperazine rings is 1. The molecule has 1 saturated heterocycles. The van der Waals surface area contributed by atoms with Gasteiger partial charge in [-0.3, -0.25) is 4.79 Å². The second-order valence-corrected chi connectivity index (χ2v) is 6.56. The number of hydrogen-bond donors (Lipinski definition) is 1. The van der Waals surface area contributed by atoms with E-state index in [1.807, 2.05) is 31.2 Å². The third-order valence-corrected chi connectivity index (χ3v) is 4.68. The molecule has 0 saturated carbocycles. The molecule has 3 amide bonds. The maximum absolute atomic E-state index is 12.6. The lowest BCUT2D eigenvalue weighted by molar-refractivity contribution is 0.0671. The molecular formula is C19H20N6O2. The molecule has 0 bridgehead atoms. The number of fused-ring (bicyclic) bond motifs is 1. The topological polar surface area (TPSA) is 82.8 Å². The zero-order chi connectivity index (χ0) is 18.8. The van der Waals surface area contributed by atoms with Crippen molar-refractivity contribution in [3.63, 3.8) is 0 Å². The van der Waals surface area contributed by atoms with Crippen LogP contribution in [0.4, 0.5) is 10.5 Å². The van der Waals surface area contributed by atoms with E-state index in [2.05, 4.69) is 15.4 Å². The van der Waals surface area contributed by atoms with Crippen LogP contribution in [0.25, 0.3) is 5.65 Å². The number of aromatic nitrogens is 3. The predicted molar refractivity (Wildman–Crippen MR) is 101 cm³/mol. The monoisotopic (exact) mass is 364 g/mol. The molecule has 27 heavy (non-hydrogen) atoms. The summed E-state index contributed by atoms with van der Waals surface area (Å²) in [6, 6.07) is 11.0. The van der Waals surface area contributed by atoms with Gasteiger partial charge in [-0.15, -0.1) is 0 Å². The van der Waals surface area contributed by atoms with E-state index < -0.39 is 0 Å². The summed E-state index contributed by atoms with van der Waals surface area (Å²) < 4.78 is 1.60. The lowest BCUT2D eigenvalue weighted by Crippen LogP contribution is -2.51. The molecule has 138 valence electrons. The Bertz CT molecular complexity index is 973. The van der Waals surface area contributed by atoms with E-state index >= 15 is 0 Å². The second kappa shape index (κ2) is 7.06. The van der Waals surface area contributed by atoms with Gasteiger partial charge in [0.15, 0.2) is 5.65 Å². The fraction of sp³-hybridized carbons (Fsp3) is 0.263.